The monoisotopic (exact) mass is 319 g/mol. The zero-order valence-electron chi connectivity index (χ0n) is 11.8. The van der Waals surface area contributed by atoms with Gasteiger partial charge in [0, 0.05) is 11.8 Å². The zero-order valence-corrected chi connectivity index (χ0v) is 13.3. The Morgan fingerprint density at radius 1 is 1.20 bits per heavy atom. The summed E-state index contributed by atoms with van der Waals surface area (Å²) >= 11 is 11.9. The van der Waals surface area contributed by atoms with Crippen molar-refractivity contribution < 1.29 is 14.3 Å². The van der Waals surface area contributed by atoms with E-state index in [1.165, 1.54) is 14.2 Å². The van der Waals surface area contributed by atoms with Crippen LogP contribution in [0.1, 0.15) is 23.7 Å². The summed E-state index contributed by atoms with van der Waals surface area (Å²) in [5.74, 6) is 1.03. The van der Waals surface area contributed by atoms with Gasteiger partial charge in [-0.05, 0) is 18.6 Å². The Morgan fingerprint density at radius 3 is 2.05 bits per heavy atom. The second-order valence-electron chi connectivity index (χ2n) is 4.39. The highest BCUT2D eigenvalue weighted by Gasteiger charge is 2.30. The van der Waals surface area contributed by atoms with Crippen LogP contribution in [0.5, 0.6) is 11.5 Å². The van der Waals surface area contributed by atoms with Gasteiger partial charge in [-0.1, -0.05) is 13.0 Å². The highest BCUT2D eigenvalue weighted by atomic mass is 35.5. The van der Waals surface area contributed by atoms with Crippen LogP contribution in [0.15, 0.2) is 18.2 Å². The summed E-state index contributed by atoms with van der Waals surface area (Å²) in [6.45, 7) is 1.92. The van der Waals surface area contributed by atoms with Crippen molar-refractivity contribution in [1.82, 2.24) is 5.32 Å². The molecule has 20 heavy (non-hydrogen) atoms. The largest absolute Gasteiger partial charge is 0.496 e. The minimum atomic E-state index is -0.647. The molecule has 1 aromatic carbocycles. The van der Waals surface area contributed by atoms with Crippen LogP contribution in [0.4, 0.5) is 0 Å². The van der Waals surface area contributed by atoms with Crippen LogP contribution in [0, 0.1) is 0 Å². The third kappa shape index (κ3) is 3.49. The molecule has 0 unspecified atom stereocenters. The lowest BCUT2D eigenvalue weighted by atomic mass is 10.00. The molecule has 4 nitrogen and oxygen atoms in total. The van der Waals surface area contributed by atoms with Crippen molar-refractivity contribution in [2.45, 2.75) is 18.9 Å². The van der Waals surface area contributed by atoms with E-state index in [1.54, 1.807) is 18.2 Å². The Kier molecular flexibility index (Phi) is 6.43. The molecule has 0 aliphatic carbocycles. The van der Waals surface area contributed by atoms with Gasteiger partial charge in [-0.15, -0.1) is 23.2 Å². The Balaban J connectivity index is 3.14. The van der Waals surface area contributed by atoms with Crippen molar-refractivity contribution in [2.24, 2.45) is 0 Å². The fourth-order valence-electron chi connectivity index (χ4n) is 1.76. The molecule has 0 aromatic heterocycles. The van der Waals surface area contributed by atoms with E-state index in [0.29, 0.717) is 23.5 Å². The third-order valence-corrected chi connectivity index (χ3v) is 4.25. The van der Waals surface area contributed by atoms with Gasteiger partial charge in [-0.2, -0.15) is 0 Å². The van der Waals surface area contributed by atoms with Crippen molar-refractivity contribution in [3.05, 3.63) is 23.8 Å². The standard InChI is InChI=1S/C14H19Cl2NO3/c1-4-14(8-15,9-16)17-13(18)12-10(19-2)6-5-7-11(12)20-3/h5-7H,4,8-9H2,1-3H3,(H,17,18). The molecule has 112 valence electrons. The van der Waals surface area contributed by atoms with E-state index in [0.717, 1.165) is 0 Å². The Bertz CT molecular complexity index is 431. The van der Waals surface area contributed by atoms with E-state index in [4.69, 9.17) is 32.7 Å². The maximum atomic E-state index is 12.5. The molecule has 0 spiro atoms. The third-order valence-electron chi connectivity index (χ3n) is 3.22. The minimum absolute atomic E-state index is 0.232. The van der Waals surface area contributed by atoms with Crippen LogP contribution in [0.2, 0.25) is 0 Å². The molecule has 0 radical (unpaired) electrons. The molecular weight excluding hydrogens is 301 g/mol. The summed E-state index contributed by atoms with van der Waals surface area (Å²) in [6.07, 6.45) is 0.628. The molecule has 1 aromatic rings. The molecule has 1 rings (SSSR count). The Hall–Kier alpha value is -1.13. The van der Waals surface area contributed by atoms with Gasteiger partial charge in [0.15, 0.2) is 0 Å². The number of nitrogens with one attached hydrogen (secondary N) is 1. The smallest absolute Gasteiger partial charge is 0.259 e. The number of halogens is 2. The number of alkyl halides is 2. The lowest BCUT2D eigenvalue weighted by Gasteiger charge is -2.30. The highest BCUT2D eigenvalue weighted by molar-refractivity contribution is 6.22. The molecular formula is C14H19Cl2NO3. The molecule has 0 atom stereocenters. The number of hydrogen-bond acceptors (Lipinski definition) is 3. The number of benzene rings is 1. The van der Waals surface area contributed by atoms with Gasteiger partial charge in [0.25, 0.3) is 5.91 Å². The first-order chi connectivity index (χ1) is 9.57. The van der Waals surface area contributed by atoms with E-state index >= 15 is 0 Å². The predicted molar refractivity (Wildman–Crippen MR) is 81.5 cm³/mol. The van der Waals surface area contributed by atoms with Crippen molar-refractivity contribution in [3.8, 4) is 11.5 Å². The molecule has 0 aliphatic rings. The molecule has 0 saturated carbocycles. The molecule has 0 aliphatic heterocycles. The van der Waals surface area contributed by atoms with Crippen molar-refractivity contribution in [3.63, 3.8) is 0 Å². The predicted octanol–water partition coefficient (Wildman–Crippen LogP) is 3.06. The fourth-order valence-corrected chi connectivity index (χ4v) is 2.56. The molecule has 0 bridgehead atoms. The number of hydrogen-bond donors (Lipinski definition) is 1. The first-order valence-corrected chi connectivity index (χ1v) is 7.29. The van der Waals surface area contributed by atoms with Gasteiger partial charge in [0.2, 0.25) is 0 Å². The second kappa shape index (κ2) is 7.60. The van der Waals surface area contributed by atoms with Crippen molar-refractivity contribution in [1.29, 1.82) is 0 Å². The molecule has 1 amide bonds. The first-order valence-electron chi connectivity index (χ1n) is 6.23. The van der Waals surface area contributed by atoms with Crippen molar-refractivity contribution >= 4 is 29.1 Å². The lowest BCUT2D eigenvalue weighted by Crippen LogP contribution is -2.51. The summed E-state index contributed by atoms with van der Waals surface area (Å²) < 4.78 is 10.4. The first kappa shape index (κ1) is 16.9. The number of carbonyl (C=O) groups excluding carboxylic acids is 1. The Labute approximate surface area is 129 Å². The minimum Gasteiger partial charge on any atom is -0.496 e. The summed E-state index contributed by atoms with van der Waals surface area (Å²) in [5, 5.41) is 2.88. The van der Waals surface area contributed by atoms with Crippen LogP contribution in [-0.4, -0.2) is 37.4 Å². The number of methoxy groups -OCH3 is 2. The second-order valence-corrected chi connectivity index (χ2v) is 4.93. The summed E-state index contributed by atoms with van der Waals surface area (Å²) in [7, 11) is 3.00. The van der Waals surface area contributed by atoms with Crippen molar-refractivity contribution in [2.75, 3.05) is 26.0 Å². The summed E-state index contributed by atoms with van der Waals surface area (Å²) in [4.78, 5) is 12.5. The van der Waals surface area contributed by atoms with E-state index in [1.807, 2.05) is 6.92 Å². The molecule has 0 saturated heterocycles. The average molecular weight is 320 g/mol. The van der Waals surface area contributed by atoms with E-state index in [2.05, 4.69) is 5.32 Å². The van der Waals surface area contributed by atoms with E-state index in [9.17, 15) is 4.79 Å². The topological polar surface area (TPSA) is 47.6 Å². The number of carbonyl (C=O) groups is 1. The zero-order chi connectivity index (χ0) is 15.2. The van der Waals surface area contributed by atoms with Crippen LogP contribution < -0.4 is 14.8 Å². The molecule has 0 fully saturated rings. The Morgan fingerprint density at radius 2 is 1.70 bits per heavy atom. The average Bonchev–Trinajstić information content (AvgIpc) is 2.51. The normalized spacial score (nSPS) is 11.1. The fraction of sp³-hybridized carbons (Fsp3) is 0.500. The van der Waals surface area contributed by atoms with Crippen LogP contribution >= 0.6 is 23.2 Å². The van der Waals surface area contributed by atoms with Gasteiger partial charge in [0.1, 0.15) is 17.1 Å². The summed E-state index contributed by atoms with van der Waals surface area (Å²) in [5.41, 5.74) is -0.308. The van der Waals surface area contributed by atoms with E-state index < -0.39 is 5.54 Å². The summed E-state index contributed by atoms with van der Waals surface area (Å²) in [6, 6.07) is 5.16. The molecule has 6 heteroatoms. The lowest BCUT2D eigenvalue weighted by molar-refractivity contribution is 0.0907. The van der Waals surface area contributed by atoms with Gasteiger partial charge in [0.05, 0.1) is 19.8 Å². The number of ether oxygens (including phenoxy) is 2. The van der Waals surface area contributed by atoms with Crippen LogP contribution in [0.3, 0.4) is 0 Å². The SMILES string of the molecule is CCC(CCl)(CCl)NC(=O)c1c(OC)cccc1OC. The highest BCUT2D eigenvalue weighted by Crippen LogP contribution is 2.29. The number of rotatable bonds is 7. The maximum Gasteiger partial charge on any atom is 0.259 e. The molecule has 0 heterocycles. The van der Waals surface area contributed by atoms with Crippen LogP contribution in [-0.2, 0) is 0 Å². The maximum absolute atomic E-state index is 12.5. The van der Waals surface area contributed by atoms with Crippen LogP contribution in [0.25, 0.3) is 0 Å². The van der Waals surface area contributed by atoms with Gasteiger partial charge in [-0.25, -0.2) is 0 Å². The van der Waals surface area contributed by atoms with Gasteiger partial charge >= 0.3 is 0 Å². The quantitative estimate of drug-likeness (QED) is 0.786. The van der Waals surface area contributed by atoms with Gasteiger partial charge in [-0.3, -0.25) is 4.79 Å². The molecule has 1 N–H and O–H groups in total. The van der Waals surface area contributed by atoms with E-state index in [-0.39, 0.29) is 17.7 Å². The number of amides is 1. The van der Waals surface area contributed by atoms with Gasteiger partial charge < -0.3 is 14.8 Å².